The molecule has 7 nitrogen and oxygen atoms in total. The zero-order valence-electron chi connectivity index (χ0n) is 16.9. The Hall–Kier alpha value is -2.41. The molecule has 27 heavy (non-hydrogen) atoms. The zero-order valence-corrected chi connectivity index (χ0v) is 16.9. The highest BCUT2D eigenvalue weighted by Gasteiger charge is 2.18. The molecule has 0 unspecified atom stereocenters. The molecule has 1 N–H and O–H groups in total. The van der Waals surface area contributed by atoms with E-state index in [4.69, 9.17) is 0 Å². The quantitative estimate of drug-likeness (QED) is 0.485. The fraction of sp³-hybridized carbons (Fsp3) is 0.550. The minimum absolute atomic E-state index is 0.112. The number of nitrogens with one attached hydrogen (secondary N) is 1. The first-order valence-corrected chi connectivity index (χ1v) is 9.67. The summed E-state index contributed by atoms with van der Waals surface area (Å²) in [5, 5.41) is 2.95. The molecular formula is C20H31N5O2. The smallest absolute Gasteiger partial charge is 0.252 e. The summed E-state index contributed by atoms with van der Waals surface area (Å²) >= 11 is 0. The highest BCUT2D eigenvalue weighted by Crippen LogP contribution is 2.23. The number of anilines is 1. The van der Waals surface area contributed by atoms with Gasteiger partial charge in [0.1, 0.15) is 11.5 Å². The Labute approximate surface area is 161 Å². The molecule has 0 fully saturated rings. The Morgan fingerprint density at radius 1 is 1.22 bits per heavy atom. The summed E-state index contributed by atoms with van der Waals surface area (Å²) in [4.78, 5) is 32.6. The molecule has 0 radical (unpaired) electrons. The Balaban J connectivity index is 2.27. The summed E-state index contributed by atoms with van der Waals surface area (Å²) in [5.74, 6) is 0.651. The first-order valence-electron chi connectivity index (χ1n) is 9.67. The molecule has 0 aliphatic carbocycles. The Kier molecular flexibility index (Phi) is 7.79. The fourth-order valence-corrected chi connectivity index (χ4v) is 2.99. The van der Waals surface area contributed by atoms with E-state index in [0.717, 1.165) is 55.8 Å². The topological polar surface area (TPSA) is 70.0 Å². The molecule has 0 spiro atoms. The summed E-state index contributed by atoms with van der Waals surface area (Å²) in [6.45, 7) is 6.31. The molecule has 7 heteroatoms. The molecule has 2 aromatic heterocycles. The van der Waals surface area contributed by atoms with Gasteiger partial charge in [0.2, 0.25) is 6.41 Å². The lowest BCUT2D eigenvalue weighted by atomic mass is 10.2. The predicted molar refractivity (Wildman–Crippen MR) is 108 cm³/mol. The average molecular weight is 374 g/mol. The van der Waals surface area contributed by atoms with Crippen LogP contribution in [0.4, 0.5) is 5.82 Å². The van der Waals surface area contributed by atoms with E-state index in [2.05, 4.69) is 22.1 Å². The van der Waals surface area contributed by atoms with E-state index in [-0.39, 0.29) is 5.91 Å². The van der Waals surface area contributed by atoms with Gasteiger partial charge < -0.3 is 10.2 Å². The molecule has 0 aromatic carbocycles. The molecule has 2 rings (SSSR count). The highest BCUT2D eigenvalue weighted by atomic mass is 16.1. The van der Waals surface area contributed by atoms with Gasteiger partial charge in [-0.3, -0.25) is 18.9 Å². The van der Waals surface area contributed by atoms with Crippen molar-refractivity contribution in [3.05, 3.63) is 29.6 Å². The number of hydrogen-bond donors (Lipinski definition) is 1. The summed E-state index contributed by atoms with van der Waals surface area (Å²) in [5.41, 5.74) is 2.17. The van der Waals surface area contributed by atoms with Crippen LogP contribution in [0.5, 0.6) is 0 Å². The summed E-state index contributed by atoms with van der Waals surface area (Å²) in [7, 11) is 4.03. The van der Waals surface area contributed by atoms with E-state index in [1.807, 2.05) is 31.5 Å². The normalized spacial score (nSPS) is 11.1. The minimum atomic E-state index is -0.112. The molecule has 2 aromatic rings. The predicted octanol–water partition coefficient (Wildman–Crippen LogP) is 2.34. The van der Waals surface area contributed by atoms with Gasteiger partial charge >= 0.3 is 0 Å². The number of amides is 2. The third-order valence-electron chi connectivity index (χ3n) is 4.48. The molecular weight excluding hydrogens is 342 g/mol. The van der Waals surface area contributed by atoms with Gasteiger partial charge in [-0.05, 0) is 52.0 Å². The van der Waals surface area contributed by atoms with E-state index in [0.29, 0.717) is 18.7 Å². The number of aryl methyl sites for hydroxylation is 1. The Morgan fingerprint density at radius 3 is 2.63 bits per heavy atom. The summed E-state index contributed by atoms with van der Waals surface area (Å²) in [6.07, 6.45) is 6.17. The van der Waals surface area contributed by atoms with Crippen LogP contribution in [-0.4, -0.2) is 60.3 Å². The lowest BCUT2D eigenvalue weighted by Crippen LogP contribution is -2.27. The van der Waals surface area contributed by atoms with Crippen molar-refractivity contribution in [2.75, 3.05) is 38.6 Å². The molecule has 0 aliphatic heterocycles. The van der Waals surface area contributed by atoms with Crippen LogP contribution in [0.15, 0.2) is 18.3 Å². The molecule has 2 amide bonds. The van der Waals surface area contributed by atoms with Crippen LogP contribution < -0.4 is 10.2 Å². The molecule has 2 heterocycles. The van der Waals surface area contributed by atoms with Crippen LogP contribution in [-0.2, 0) is 11.2 Å². The van der Waals surface area contributed by atoms with Gasteiger partial charge in [0.05, 0.1) is 11.3 Å². The van der Waals surface area contributed by atoms with Crippen LogP contribution in [0, 0.1) is 0 Å². The van der Waals surface area contributed by atoms with Crippen molar-refractivity contribution >= 4 is 23.8 Å². The minimum Gasteiger partial charge on any atom is -0.352 e. The standard InChI is InChI=1S/C20H31N5O2/c1-5-7-13-24(15-26)20-17(6-2)22-18-10-9-16(14-25(18)20)19(27)21-11-8-12-23(3)4/h9-10,14-15H,5-8,11-13H2,1-4H3,(H,21,27). The number of fused-ring (bicyclic) bond motifs is 1. The van der Waals surface area contributed by atoms with Gasteiger partial charge in [-0.25, -0.2) is 4.98 Å². The SMILES string of the molecule is CCCCN(C=O)c1c(CC)nc2ccc(C(=O)NCCCN(C)C)cn12. The monoisotopic (exact) mass is 373 g/mol. The van der Waals surface area contributed by atoms with E-state index in [1.165, 1.54) is 0 Å². The molecule has 0 bridgehead atoms. The molecule has 0 atom stereocenters. The number of carbonyl (C=O) groups is 2. The van der Waals surface area contributed by atoms with E-state index >= 15 is 0 Å². The molecule has 0 saturated carbocycles. The highest BCUT2D eigenvalue weighted by molar-refractivity contribution is 5.94. The number of pyridine rings is 1. The van der Waals surface area contributed by atoms with E-state index < -0.39 is 0 Å². The van der Waals surface area contributed by atoms with Crippen molar-refractivity contribution in [1.29, 1.82) is 0 Å². The van der Waals surface area contributed by atoms with Crippen LogP contribution in [0.1, 0.15) is 49.2 Å². The van der Waals surface area contributed by atoms with Gasteiger partial charge in [0.15, 0.2) is 0 Å². The van der Waals surface area contributed by atoms with Crippen molar-refractivity contribution in [3.8, 4) is 0 Å². The third-order valence-corrected chi connectivity index (χ3v) is 4.48. The average Bonchev–Trinajstić information content (AvgIpc) is 3.03. The number of aromatic nitrogens is 2. The van der Waals surface area contributed by atoms with Crippen molar-refractivity contribution in [3.63, 3.8) is 0 Å². The summed E-state index contributed by atoms with van der Waals surface area (Å²) < 4.78 is 1.86. The van der Waals surface area contributed by atoms with Crippen LogP contribution >= 0.6 is 0 Å². The van der Waals surface area contributed by atoms with Gasteiger partial charge in [0.25, 0.3) is 5.91 Å². The second-order valence-corrected chi connectivity index (χ2v) is 6.95. The fourth-order valence-electron chi connectivity index (χ4n) is 2.99. The van der Waals surface area contributed by atoms with Crippen LogP contribution in [0.2, 0.25) is 0 Å². The van der Waals surface area contributed by atoms with E-state index in [1.54, 1.807) is 17.2 Å². The second-order valence-electron chi connectivity index (χ2n) is 6.95. The van der Waals surface area contributed by atoms with E-state index in [9.17, 15) is 9.59 Å². The Morgan fingerprint density at radius 2 is 2.00 bits per heavy atom. The van der Waals surface area contributed by atoms with Crippen molar-refractivity contribution in [2.24, 2.45) is 0 Å². The maximum atomic E-state index is 12.5. The third kappa shape index (κ3) is 5.29. The van der Waals surface area contributed by atoms with Crippen molar-refractivity contribution in [1.82, 2.24) is 19.6 Å². The van der Waals surface area contributed by atoms with Gasteiger partial charge in [-0.1, -0.05) is 20.3 Å². The maximum absolute atomic E-state index is 12.5. The molecule has 148 valence electrons. The van der Waals surface area contributed by atoms with Crippen LogP contribution in [0.3, 0.4) is 0 Å². The number of rotatable bonds is 11. The molecule has 0 saturated heterocycles. The number of nitrogens with zero attached hydrogens (tertiary/aromatic N) is 4. The second kappa shape index (κ2) is 10.1. The lowest BCUT2D eigenvalue weighted by Gasteiger charge is -2.18. The first kappa shape index (κ1) is 20.9. The Bertz CT molecular complexity index is 769. The molecule has 0 aliphatic rings. The number of unbranched alkanes of at least 4 members (excludes halogenated alkanes) is 1. The first-order chi connectivity index (χ1) is 13.0. The number of imidazole rings is 1. The van der Waals surface area contributed by atoms with Crippen molar-refractivity contribution in [2.45, 2.75) is 39.5 Å². The van der Waals surface area contributed by atoms with Gasteiger partial charge in [-0.2, -0.15) is 0 Å². The van der Waals surface area contributed by atoms with Crippen molar-refractivity contribution < 1.29 is 9.59 Å². The largest absolute Gasteiger partial charge is 0.352 e. The lowest BCUT2D eigenvalue weighted by molar-refractivity contribution is -0.107. The number of carbonyl (C=O) groups excluding carboxylic acids is 2. The zero-order chi connectivity index (χ0) is 19.8. The van der Waals surface area contributed by atoms with Gasteiger partial charge in [0, 0.05) is 19.3 Å². The van der Waals surface area contributed by atoms with Gasteiger partial charge in [-0.15, -0.1) is 0 Å². The maximum Gasteiger partial charge on any atom is 0.252 e. The van der Waals surface area contributed by atoms with Crippen LogP contribution in [0.25, 0.3) is 5.65 Å². The summed E-state index contributed by atoms with van der Waals surface area (Å²) in [6, 6.07) is 3.62. The number of hydrogen-bond acceptors (Lipinski definition) is 4.